The van der Waals surface area contributed by atoms with Gasteiger partial charge in [0.1, 0.15) is 0 Å². The van der Waals surface area contributed by atoms with E-state index in [1.54, 1.807) is 0 Å². The van der Waals surface area contributed by atoms with Gasteiger partial charge in [-0.2, -0.15) is 0 Å². The number of hydrogen-bond acceptors (Lipinski definition) is 3. The molecule has 1 spiro atoms. The van der Waals surface area contributed by atoms with E-state index in [2.05, 4.69) is 170 Å². The molecule has 0 N–H and O–H groups in total. The van der Waals surface area contributed by atoms with Crippen LogP contribution in [0.25, 0.3) is 77.4 Å². The first-order chi connectivity index (χ1) is 25.8. The maximum atomic E-state index is 5.26. The Labute approximate surface area is 306 Å². The van der Waals surface area contributed by atoms with E-state index in [-0.39, 0.29) is 0 Å². The van der Waals surface area contributed by atoms with E-state index in [1.165, 1.54) is 64.7 Å². The molecule has 1 unspecified atom stereocenters. The molecule has 2 aliphatic carbocycles. The van der Waals surface area contributed by atoms with E-state index in [9.17, 15) is 0 Å². The van der Waals surface area contributed by atoms with Crippen LogP contribution in [-0.4, -0.2) is 9.97 Å². The highest BCUT2D eigenvalue weighted by molar-refractivity contribution is 7.25. The molecule has 0 fully saturated rings. The minimum absolute atomic E-state index is 0.555. The number of nitrogens with zero attached hydrogens (tertiary/aromatic N) is 2. The van der Waals surface area contributed by atoms with Crippen LogP contribution in [0, 0.1) is 0 Å². The van der Waals surface area contributed by atoms with Gasteiger partial charge < -0.3 is 0 Å². The second kappa shape index (κ2) is 11.3. The summed E-state index contributed by atoms with van der Waals surface area (Å²) in [4.78, 5) is 10.5. The Morgan fingerprint density at radius 3 is 1.79 bits per heavy atom. The summed E-state index contributed by atoms with van der Waals surface area (Å²) in [6.45, 7) is 0. The zero-order valence-corrected chi connectivity index (χ0v) is 28.9. The lowest BCUT2D eigenvalue weighted by Gasteiger charge is -2.35. The quantitative estimate of drug-likeness (QED) is 0.186. The third kappa shape index (κ3) is 4.24. The summed E-state index contributed by atoms with van der Waals surface area (Å²) in [5.41, 5.74) is 14.6. The van der Waals surface area contributed by atoms with Gasteiger partial charge in [0.25, 0.3) is 0 Å². The molecule has 0 saturated carbocycles. The average Bonchev–Trinajstić information content (AvgIpc) is 3.67. The zero-order chi connectivity index (χ0) is 34.2. The summed E-state index contributed by atoms with van der Waals surface area (Å²) < 4.78 is 2.63. The molecule has 2 aliphatic rings. The molecule has 0 bridgehead atoms. The summed E-state index contributed by atoms with van der Waals surface area (Å²) in [6, 6.07) is 61.5. The van der Waals surface area contributed by atoms with Crippen molar-refractivity contribution < 1.29 is 0 Å². The lowest BCUT2D eigenvalue weighted by molar-refractivity contribution is 0.767. The number of hydrogen-bond donors (Lipinski definition) is 0. The Balaban J connectivity index is 1.22. The summed E-state index contributed by atoms with van der Waals surface area (Å²) in [6.07, 6.45) is 4.59. The van der Waals surface area contributed by atoms with Crippen molar-refractivity contribution in [3.05, 3.63) is 203 Å². The molecule has 1 atom stereocenters. The van der Waals surface area contributed by atoms with Crippen LogP contribution in [-0.2, 0) is 5.41 Å². The molecular formula is C49H30N2S. The van der Waals surface area contributed by atoms with Crippen molar-refractivity contribution in [3.8, 4) is 45.0 Å². The molecule has 2 heterocycles. The second-order valence-corrected chi connectivity index (χ2v) is 14.8. The van der Waals surface area contributed by atoms with Gasteiger partial charge in [-0.05, 0) is 74.8 Å². The van der Waals surface area contributed by atoms with Gasteiger partial charge in [0.2, 0.25) is 0 Å². The first kappa shape index (κ1) is 29.3. The monoisotopic (exact) mass is 678 g/mol. The van der Waals surface area contributed by atoms with Crippen LogP contribution in [0.5, 0.6) is 0 Å². The first-order valence-electron chi connectivity index (χ1n) is 17.7. The Morgan fingerprint density at radius 1 is 0.385 bits per heavy atom. The summed E-state index contributed by atoms with van der Waals surface area (Å²) in [5, 5.41) is 2.64. The highest BCUT2D eigenvalue weighted by Crippen LogP contribution is 2.60. The number of fused-ring (bicyclic) bond motifs is 12. The molecule has 242 valence electrons. The van der Waals surface area contributed by atoms with Crippen molar-refractivity contribution in [2.45, 2.75) is 5.41 Å². The molecule has 0 amide bonds. The molecule has 11 rings (SSSR count). The smallest absolute Gasteiger partial charge is 0.160 e. The van der Waals surface area contributed by atoms with Crippen LogP contribution in [0.1, 0.15) is 33.4 Å². The molecule has 2 nitrogen and oxygen atoms in total. The van der Waals surface area contributed by atoms with Crippen LogP contribution >= 0.6 is 11.3 Å². The molecule has 0 aliphatic heterocycles. The fourth-order valence-electron chi connectivity index (χ4n) is 8.64. The predicted molar refractivity (Wildman–Crippen MR) is 217 cm³/mol. The number of rotatable bonds is 3. The second-order valence-electron chi connectivity index (χ2n) is 13.7. The number of thiophene rings is 1. The first-order valence-corrected chi connectivity index (χ1v) is 18.6. The van der Waals surface area contributed by atoms with Gasteiger partial charge in [0.15, 0.2) is 5.82 Å². The SMILES string of the molecule is C1=Cc2ccc(-c3nc(-c4ccccc4)cc(-c4ccccc4)n3)cc2C2(c3ccccc31)c1ccccc1-c1cc3c(cc12)sc1ccccc13. The standard InChI is InChI=1S/C49H30N2S/c1-3-14-33(15-4-1)44-30-45(34-16-5-2-6-17-34)51-48(50-44)35-26-25-32-24-23-31-13-7-10-20-40(31)49(42(32)27-35)41-21-11-8-18-36(41)38-28-39-37-19-9-12-22-46(37)52-47(39)29-43(38)49/h1-30H. The third-order valence-electron chi connectivity index (χ3n) is 10.9. The minimum Gasteiger partial charge on any atom is -0.228 e. The Hall–Kier alpha value is -6.42. The molecule has 52 heavy (non-hydrogen) atoms. The van der Waals surface area contributed by atoms with Gasteiger partial charge >= 0.3 is 0 Å². The highest BCUT2D eigenvalue weighted by atomic mass is 32.1. The highest BCUT2D eigenvalue weighted by Gasteiger charge is 2.49. The third-order valence-corrected chi connectivity index (χ3v) is 12.1. The molecule has 0 radical (unpaired) electrons. The maximum Gasteiger partial charge on any atom is 0.160 e. The van der Waals surface area contributed by atoms with Crippen LogP contribution in [0.3, 0.4) is 0 Å². The normalized spacial score (nSPS) is 15.3. The van der Waals surface area contributed by atoms with Crippen molar-refractivity contribution in [2.24, 2.45) is 0 Å². The lowest BCUT2D eigenvalue weighted by Crippen LogP contribution is -2.30. The minimum atomic E-state index is -0.555. The molecular weight excluding hydrogens is 649 g/mol. The summed E-state index contributed by atoms with van der Waals surface area (Å²) in [5.74, 6) is 0.714. The zero-order valence-electron chi connectivity index (χ0n) is 28.1. The van der Waals surface area contributed by atoms with Crippen LogP contribution in [0.2, 0.25) is 0 Å². The van der Waals surface area contributed by atoms with E-state index in [1.807, 2.05) is 23.5 Å². The molecule has 3 heteroatoms. The van der Waals surface area contributed by atoms with E-state index in [0.717, 1.165) is 28.1 Å². The van der Waals surface area contributed by atoms with E-state index >= 15 is 0 Å². The topological polar surface area (TPSA) is 25.8 Å². The largest absolute Gasteiger partial charge is 0.228 e. The van der Waals surface area contributed by atoms with Gasteiger partial charge in [0.05, 0.1) is 16.8 Å². The van der Waals surface area contributed by atoms with E-state index in [0.29, 0.717) is 5.82 Å². The average molecular weight is 679 g/mol. The van der Waals surface area contributed by atoms with Crippen molar-refractivity contribution in [3.63, 3.8) is 0 Å². The molecule has 0 saturated heterocycles. The van der Waals surface area contributed by atoms with Gasteiger partial charge in [-0.3, -0.25) is 0 Å². The van der Waals surface area contributed by atoms with Gasteiger partial charge in [0, 0.05) is 36.9 Å². The molecule has 2 aromatic heterocycles. The maximum absolute atomic E-state index is 5.26. The number of benzene rings is 7. The van der Waals surface area contributed by atoms with Crippen LogP contribution in [0.15, 0.2) is 170 Å². The van der Waals surface area contributed by atoms with Crippen molar-refractivity contribution >= 4 is 43.7 Å². The van der Waals surface area contributed by atoms with Crippen LogP contribution < -0.4 is 0 Å². The van der Waals surface area contributed by atoms with Gasteiger partial charge in [-0.25, -0.2) is 9.97 Å². The fraction of sp³-hybridized carbons (Fsp3) is 0.0204. The van der Waals surface area contributed by atoms with E-state index < -0.39 is 5.41 Å². The fourth-order valence-corrected chi connectivity index (χ4v) is 9.77. The van der Waals surface area contributed by atoms with Gasteiger partial charge in [-0.1, -0.05) is 152 Å². The Morgan fingerprint density at radius 2 is 1.02 bits per heavy atom. The molecule has 7 aromatic carbocycles. The predicted octanol–water partition coefficient (Wildman–Crippen LogP) is 12.7. The molecule has 9 aromatic rings. The Bertz CT molecular complexity index is 2850. The van der Waals surface area contributed by atoms with Crippen LogP contribution in [0.4, 0.5) is 0 Å². The van der Waals surface area contributed by atoms with E-state index in [4.69, 9.17) is 9.97 Å². The lowest BCUT2D eigenvalue weighted by atomic mass is 9.65. The van der Waals surface area contributed by atoms with Gasteiger partial charge in [-0.15, -0.1) is 11.3 Å². The number of aromatic nitrogens is 2. The Kier molecular flexibility index (Phi) is 6.37. The van der Waals surface area contributed by atoms with Crippen molar-refractivity contribution in [1.29, 1.82) is 0 Å². The summed E-state index contributed by atoms with van der Waals surface area (Å²) in [7, 11) is 0. The van der Waals surface area contributed by atoms with Crippen molar-refractivity contribution in [1.82, 2.24) is 9.97 Å². The van der Waals surface area contributed by atoms with Crippen molar-refractivity contribution in [2.75, 3.05) is 0 Å². The summed E-state index contributed by atoms with van der Waals surface area (Å²) >= 11 is 1.88.